The molecule has 92 valence electrons. The van der Waals surface area contributed by atoms with E-state index in [0.29, 0.717) is 22.0 Å². The number of amides is 1. The zero-order chi connectivity index (χ0) is 12.4. The Hall–Kier alpha value is -0.740. The van der Waals surface area contributed by atoms with Gasteiger partial charge in [-0.2, -0.15) is 0 Å². The Morgan fingerprint density at radius 1 is 1.53 bits per heavy atom. The quantitative estimate of drug-likeness (QED) is 0.809. The fourth-order valence-corrected chi connectivity index (χ4v) is 2.81. The Kier molecular flexibility index (Phi) is 3.94. The number of carbonyl (C=O) groups excluding carboxylic acids is 1. The first kappa shape index (κ1) is 12.7. The highest BCUT2D eigenvalue weighted by molar-refractivity contribution is 9.09. The predicted octanol–water partition coefficient (Wildman–Crippen LogP) is 3.05. The van der Waals surface area contributed by atoms with Gasteiger partial charge in [0.25, 0.3) is 5.91 Å². The molecule has 1 aromatic rings. The van der Waals surface area contributed by atoms with Gasteiger partial charge >= 0.3 is 0 Å². The number of rotatable bonds is 1. The molecule has 1 aliphatic rings. The lowest BCUT2D eigenvalue weighted by molar-refractivity contribution is 0.0727. The SMILES string of the molecule is O=C(c1ccc(Cl)cc1O)N1CCCC(Br)C1. The molecule has 0 spiro atoms. The van der Waals surface area contributed by atoms with Crippen LogP contribution in [0.5, 0.6) is 5.75 Å². The second kappa shape index (κ2) is 5.27. The molecule has 1 heterocycles. The minimum absolute atomic E-state index is 0.0563. The Balaban J connectivity index is 2.18. The molecule has 0 aromatic heterocycles. The number of hydrogen-bond acceptors (Lipinski definition) is 2. The lowest BCUT2D eigenvalue weighted by Crippen LogP contribution is -2.40. The van der Waals surface area contributed by atoms with Crippen LogP contribution in [0, 0.1) is 0 Å². The molecule has 5 heteroatoms. The van der Waals surface area contributed by atoms with E-state index < -0.39 is 0 Å². The van der Waals surface area contributed by atoms with E-state index in [0.717, 1.165) is 19.4 Å². The minimum atomic E-state index is -0.136. The summed E-state index contributed by atoms with van der Waals surface area (Å²) in [4.78, 5) is 14.3. The van der Waals surface area contributed by atoms with Crippen molar-refractivity contribution >= 4 is 33.4 Å². The van der Waals surface area contributed by atoms with Crippen LogP contribution in [0.15, 0.2) is 18.2 Å². The first-order chi connectivity index (χ1) is 8.08. The highest BCUT2D eigenvalue weighted by Gasteiger charge is 2.24. The van der Waals surface area contributed by atoms with Crippen LogP contribution < -0.4 is 0 Å². The van der Waals surface area contributed by atoms with E-state index in [1.807, 2.05) is 0 Å². The van der Waals surface area contributed by atoms with E-state index in [-0.39, 0.29) is 11.7 Å². The normalized spacial score (nSPS) is 20.4. The molecule has 17 heavy (non-hydrogen) atoms. The van der Waals surface area contributed by atoms with Crippen LogP contribution in [0.3, 0.4) is 0 Å². The average Bonchev–Trinajstić information content (AvgIpc) is 2.28. The van der Waals surface area contributed by atoms with Crippen LogP contribution in [0.4, 0.5) is 0 Å². The van der Waals surface area contributed by atoms with Gasteiger partial charge in [0.05, 0.1) is 5.56 Å². The lowest BCUT2D eigenvalue weighted by Gasteiger charge is -2.30. The number of nitrogens with zero attached hydrogens (tertiary/aromatic N) is 1. The molecule has 1 fully saturated rings. The molecule has 0 aliphatic carbocycles. The fourth-order valence-electron chi connectivity index (χ4n) is 1.97. The van der Waals surface area contributed by atoms with Gasteiger partial charge < -0.3 is 10.0 Å². The van der Waals surface area contributed by atoms with Crippen molar-refractivity contribution in [2.24, 2.45) is 0 Å². The number of aromatic hydroxyl groups is 1. The molecule has 2 rings (SSSR count). The first-order valence-electron chi connectivity index (χ1n) is 5.50. The molecule has 3 nitrogen and oxygen atoms in total. The number of benzene rings is 1. The number of phenolic OH excluding ortho intramolecular Hbond substituents is 1. The van der Waals surface area contributed by atoms with Crippen LogP contribution >= 0.6 is 27.5 Å². The summed E-state index contributed by atoms with van der Waals surface area (Å²) in [5.41, 5.74) is 0.316. The number of hydrogen-bond donors (Lipinski definition) is 1. The summed E-state index contributed by atoms with van der Waals surface area (Å²) in [5, 5.41) is 10.1. The molecule has 0 saturated carbocycles. The molecular weight excluding hydrogens is 305 g/mol. The largest absolute Gasteiger partial charge is 0.507 e. The molecule has 1 atom stereocenters. The maximum Gasteiger partial charge on any atom is 0.257 e. The summed E-state index contributed by atoms with van der Waals surface area (Å²) < 4.78 is 0. The molecular formula is C12H13BrClNO2. The second-order valence-electron chi connectivity index (χ2n) is 4.15. The van der Waals surface area contributed by atoms with Crippen molar-refractivity contribution in [2.45, 2.75) is 17.7 Å². The Morgan fingerprint density at radius 2 is 2.29 bits per heavy atom. The smallest absolute Gasteiger partial charge is 0.257 e. The Labute approximate surface area is 114 Å². The molecule has 1 saturated heterocycles. The number of carbonyl (C=O) groups is 1. The highest BCUT2D eigenvalue weighted by Crippen LogP contribution is 2.25. The molecule has 1 unspecified atom stereocenters. The number of phenols is 1. The van der Waals surface area contributed by atoms with E-state index in [1.165, 1.54) is 6.07 Å². The van der Waals surface area contributed by atoms with Crippen molar-refractivity contribution in [3.05, 3.63) is 28.8 Å². The molecule has 0 radical (unpaired) electrons. The lowest BCUT2D eigenvalue weighted by atomic mass is 10.1. The highest BCUT2D eigenvalue weighted by atomic mass is 79.9. The monoisotopic (exact) mass is 317 g/mol. The van der Waals surface area contributed by atoms with Crippen molar-refractivity contribution in [3.8, 4) is 5.75 Å². The minimum Gasteiger partial charge on any atom is -0.507 e. The summed E-state index contributed by atoms with van der Waals surface area (Å²) in [6.07, 6.45) is 2.06. The van der Waals surface area contributed by atoms with Crippen LogP contribution in [0.25, 0.3) is 0 Å². The average molecular weight is 319 g/mol. The number of alkyl halides is 1. The summed E-state index contributed by atoms with van der Waals surface area (Å²) in [6.45, 7) is 1.42. The van der Waals surface area contributed by atoms with E-state index in [4.69, 9.17) is 11.6 Å². The molecule has 1 amide bonds. The van der Waals surface area contributed by atoms with Gasteiger partial charge in [-0.25, -0.2) is 0 Å². The zero-order valence-electron chi connectivity index (χ0n) is 9.20. The fraction of sp³-hybridized carbons (Fsp3) is 0.417. The van der Waals surface area contributed by atoms with E-state index >= 15 is 0 Å². The Morgan fingerprint density at radius 3 is 2.94 bits per heavy atom. The van der Waals surface area contributed by atoms with Gasteiger partial charge in [0.1, 0.15) is 5.75 Å². The third-order valence-electron chi connectivity index (χ3n) is 2.84. The Bertz CT molecular complexity index is 439. The molecule has 1 N–H and O–H groups in total. The number of piperidine rings is 1. The number of likely N-dealkylation sites (tertiary alicyclic amines) is 1. The van der Waals surface area contributed by atoms with Gasteiger partial charge in [0, 0.05) is 22.9 Å². The van der Waals surface area contributed by atoms with Crippen LogP contribution in [-0.2, 0) is 0 Å². The maximum absolute atomic E-state index is 12.2. The van der Waals surface area contributed by atoms with Crippen LogP contribution in [0.2, 0.25) is 5.02 Å². The van der Waals surface area contributed by atoms with E-state index in [1.54, 1.807) is 17.0 Å². The zero-order valence-corrected chi connectivity index (χ0v) is 11.5. The second-order valence-corrected chi connectivity index (χ2v) is 5.88. The topological polar surface area (TPSA) is 40.5 Å². The third-order valence-corrected chi connectivity index (χ3v) is 3.82. The van der Waals surface area contributed by atoms with Gasteiger partial charge in [-0.15, -0.1) is 0 Å². The summed E-state index contributed by atoms with van der Waals surface area (Å²) in [5.74, 6) is -0.192. The molecule has 1 aliphatic heterocycles. The van der Waals surface area contributed by atoms with Crippen LogP contribution in [0.1, 0.15) is 23.2 Å². The summed E-state index contributed by atoms with van der Waals surface area (Å²) in [6, 6.07) is 4.58. The van der Waals surface area contributed by atoms with Gasteiger partial charge in [-0.1, -0.05) is 27.5 Å². The van der Waals surface area contributed by atoms with Gasteiger partial charge in [-0.3, -0.25) is 4.79 Å². The van der Waals surface area contributed by atoms with Crippen molar-refractivity contribution in [1.82, 2.24) is 4.90 Å². The molecule has 1 aromatic carbocycles. The molecule has 0 bridgehead atoms. The van der Waals surface area contributed by atoms with Gasteiger partial charge in [-0.05, 0) is 31.0 Å². The van der Waals surface area contributed by atoms with Crippen molar-refractivity contribution in [3.63, 3.8) is 0 Å². The maximum atomic E-state index is 12.2. The van der Waals surface area contributed by atoms with Crippen molar-refractivity contribution < 1.29 is 9.90 Å². The third kappa shape index (κ3) is 2.93. The van der Waals surface area contributed by atoms with Crippen molar-refractivity contribution in [2.75, 3.05) is 13.1 Å². The van der Waals surface area contributed by atoms with Gasteiger partial charge in [0.15, 0.2) is 0 Å². The van der Waals surface area contributed by atoms with E-state index in [2.05, 4.69) is 15.9 Å². The standard InChI is InChI=1S/C12H13BrClNO2/c13-8-2-1-5-15(7-8)12(17)10-4-3-9(14)6-11(10)16/h3-4,6,8,16H,1-2,5,7H2. The van der Waals surface area contributed by atoms with E-state index in [9.17, 15) is 9.90 Å². The number of halogens is 2. The van der Waals surface area contributed by atoms with Crippen molar-refractivity contribution in [1.29, 1.82) is 0 Å². The summed E-state index contributed by atoms with van der Waals surface area (Å²) >= 11 is 9.26. The summed E-state index contributed by atoms with van der Waals surface area (Å²) in [7, 11) is 0. The predicted molar refractivity (Wildman–Crippen MR) is 71.0 cm³/mol. The van der Waals surface area contributed by atoms with Gasteiger partial charge in [0.2, 0.25) is 0 Å². The van der Waals surface area contributed by atoms with Crippen LogP contribution in [-0.4, -0.2) is 33.8 Å². The first-order valence-corrected chi connectivity index (χ1v) is 6.79.